The van der Waals surface area contributed by atoms with Crippen LogP contribution < -0.4 is 10.6 Å². The Labute approximate surface area is 112 Å². The second-order valence-electron chi connectivity index (χ2n) is 4.35. The molecule has 0 radical (unpaired) electrons. The molecule has 5 heteroatoms. The molecule has 1 heterocycles. The Kier molecular flexibility index (Phi) is 4.84. The number of amides is 2. The first-order valence-corrected chi connectivity index (χ1v) is 6.61. The van der Waals surface area contributed by atoms with E-state index in [2.05, 4.69) is 10.6 Å². The number of rotatable bonds is 3. The van der Waals surface area contributed by atoms with Gasteiger partial charge in [0, 0.05) is 37.7 Å². The summed E-state index contributed by atoms with van der Waals surface area (Å²) in [7, 11) is 0. The van der Waals surface area contributed by atoms with E-state index in [4.69, 9.17) is 11.6 Å². The summed E-state index contributed by atoms with van der Waals surface area (Å²) in [6, 6.07) is 7.74. The van der Waals surface area contributed by atoms with Gasteiger partial charge in [-0.25, -0.2) is 4.79 Å². The van der Waals surface area contributed by atoms with E-state index < -0.39 is 0 Å². The molecule has 0 saturated carbocycles. The smallest absolute Gasteiger partial charge is 0.317 e. The van der Waals surface area contributed by atoms with E-state index in [0.717, 1.165) is 37.6 Å². The lowest BCUT2D eigenvalue weighted by Crippen LogP contribution is -2.50. The number of piperazine rings is 1. The van der Waals surface area contributed by atoms with Crippen molar-refractivity contribution in [3.63, 3.8) is 0 Å². The van der Waals surface area contributed by atoms with Gasteiger partial charge in [-0.1, -0.05) is 23.7 Å². The summed E-state index contributed by atoms with van der Waals surface area (Å²) >= 11 is 5.82. The minimum atomic E-state index is 0.0328. The summed E-state index contributed by atoms with van der Waals surface area (Å²) in [4.78, 5) is 13.7. The van der Waals surface area contributed by atoms with E-state index in [-0.39, 0.29) is 6.03 Å². The summed E-state index contributed by atoms with van der Waals surface area (Å²) in [5.41, 5.74) is 1.18. The average molecular weight is 268 g/mol. The number of halogens is 1. The van der Waals surface area contributed by atoms with Crippen LogP contribution in [0, 0.1) is 0 Å². The fraction of sp³-hybridized carbons (Fsp3) is 0.462. The zero-order chi connectivity index (χ0) is 12.8. The molecule has 2 N–H and O–H groups in total. The number of carbonyl (C=O) groups excluding carboxylic acids is 1. The third-order valence-electron chi connectivity index (χ3n) is 3.01. The molecular formula is C13H18ClN3O. The highest BCUT2D eigenvalue weighted by atomic mass is 35.5. The van der Waals surface area contributed by atoms with Crippen molar-refractivity contribution in [1.82, 2.24) is 15.5 Å². The lowest BCUT2D eigenvalue weighted by atomic mass is 10.1. The molecule has 1 aromatic carbocycles. The maximum absolute atomic E-state index is 11.8. The van der Waals surface area contributed by atoms with Gasteiger partial charge < -0.3 is 15.5 Å². The van der Waals surface area contributed by atoms with Gasteiger partial charge in [-0.3, -0.25) is 0 Å². The van der Waals surface area contributed by atoms with Crippen molar-refractivity contribution in [2.75, 3.05) is 32.7 Å². The second-order valence-corrected chi connectivity index (χ2v) is 4.78. The predicted octanol–water partition coefficient (Wildman–Crippen LogP) is 1.50. The Hall–Kier alpha value is -1.26. The number of carbonyl (C=O) groups is 1. The van der Waals surface area contributed by atoms with Crippen LogP contribution in [0.1, 0.15) is 5.56 Å². The number of benzene rings is 1. The number of hydrogen-bond donors (Lipinski definition) is 2. The highest BCUT2D eigenvalue weighted by Gasteiger charge is 2.14. The lowest BCUT2D eigenvalue weighted by Gasteiger charge is -2.27. The van der Waals surface area contributed by atoms with Crippen LogP contribution in [0.2, 0.25) is 5.02 Å². The molecule has 1 fully saturated rings. The van der Waals surface area contributed by atoms with E-state index in [1.165, 1.54) is 5.56 Å². The van der Waals surface area contributed by atoms with Gasteiger partial charge in [0.15, 0.2) is 0 Å². The number of hydrogen-bond acceptors (Lipinski definition) is 2. The van der Waals surface area contributed by atoms with Crippen molar-refractivity contribution in [3.05, 3.63) is 34.9 Å². The second kappa shape index (κ2) is 6.61. The topological polar surface area (TPSA) is 44.4 Å². The molecule has 1 saturated heterocycles. The van der Waals surface area contributed by atoms with Crippen LogP contribution in [0.15, 0.2) is 24.3 Å². The molecule has 2 rings (SSSR count). The summed E-state index contributed by atoms with van der Waals surface area (Å²) in [5, 5.41) is 6.90. The first-order chi connectivity index (χ1) is 8.75. The number of nitrogens with one attached hydrogen (secondary N) is 2. The van der Waals surface area contributed by atoms with Gasteiger partial charge in [-0.15, -0.1) is 0 Å². The van der Waals surface area contributed by atoms with E-state index in [9.17, 15) is 4.79 Å². The van der Waals surface area contributed by atoms with E-state index in [1.807, 2.05) is 29.2 Å². The fourth-order valence-electron chi connectivity index (χ4n) is 1.94. The van der Waals surface area contributed by atoms with Crippen LogP contribution in [-0.2, 0) is 6.42 Å². The van der Waals surface area contributed by atoms with E-state index in [1.54, 1.807) is 0 Å². The predicted molar refractivity (Wildman–Crippen MR) is 73.0 cm³/mol. The third kappa shape index (κ3) is 3.89. The summed E-state index contributed by atoms with van der Waals surface area (Å²) in [5.74, 6) is 0. The van der Waals surface area contributed by atoms with Gasteiger partial charge in [0.2, 0.25) is 0 Å². The fourth-order valence-corrected chi connectivity index (χ4v) is 2.07. The van der Waals surface area contributed by atoms with Crippen molar-refractivity contribution < 1.29 is 4.79 Å². The minimum absolute atomic E-state index is 0.0328. The Morgan fingerprint density at radius 3 is 2.61 bits per heavy atom. The Morgan fingerprint density at radius 2 is 1.94 bits per heavy atom. The van der Waals surface area contributed by atoms with Gasteiger partial charge >= 0.3 is 6.03 Å². The first kappa shape index (κ1) is 13.2. The number of urea groups is 1. The SMILES string of the molecule is O=C(NCCc1ccc(Cl)cc1)N1CCNCC1. The van der Waals surface area contributed by atoms with Crippen molar-refractivity contribution in [1.29, 1.82) is 0 Å². The Bertz CT molecular complexity index is 388. The largest absolute Gasteiger partial charge is 0.338 e. The molecule has 0 bridgehead atoms. The first-order valence-electron chi connectivity index (χ1n) is 6.23. The normalized spacial score (nSPS) is 15.5. The molecule has 1 aliphatic heterocycles. The summed E-state index contributed by atoms with van der Waals surface area (Å²) in [6.07, 6.45) is 0.828. The van der Waals surface area contributed by atoms with Crippen LogP contribution in [0.3, 0.4) is 0 Å². The van der Waals surface area contributed by atoms with E-state index in [0.29, 0.717) is 6.54 Å². The van der Waals surface area contributed by atoms with Crippen molar-refractivity contribution >= 4 is 17.6 Å². The standard InChI is InChI=1S/C13H18ClN3O/c14-12-3-1-11(2-4-12)5-6-16-13(18)17-9-7-15-8-10-17/h1-4,15H,5-10H2,(H,16,18). The number of nitrogens with zero attached hydrogens (tertiary/aromatic N) is 1. The molecule has 4 nitrogen and oxygen atoms in total. The van der Waals surface area contributed by atoms with Gasteiger partial charge in [-0.2, -0.15) is 0 Å². The maximum atomic E-state index is 11.8. The lowest BCUT2D eigenvalue weighted by molar-refractivity contribution is 0.190. The van der Waals surface area contributed by atoms with Gasteiger partial charge in [0.1, 0.15) is 0 Å². The molecule has 2 amide bonds. The van der Waals surface area contributed by atoms with E-state index >= 15 is 0 Å². The molecule has 0 unspecified atom stereocenters. The van der Waals surface area contributed by atoms with Crippen LogP contribution >= 0.6 is 11.6 Å². The third-order valence-corrected chi connectivity index (χ3v) is 3.26. The van der Waals surface area contributed by atoms with Gasteiger partial charge in [0.05, 0.1) is 0 Å². The zero-order valence-electron chi connectivity index (χ0n) is 10.3. The molecule has 0 atom stereocenters. The van der Waals surface area contributed by atoms with Crippen molar-refractivity contribution in [3.8, 4) is 0 Å². The molecule has 0 spiro atoms. The maximum Gasteiger partial charge on any atom is 0.317 e. The van der Waals surface area contributed by atoms with Gasteiger partial charge in [-0.05, 0) is 24.1 Å². The molecule has 0 aromatic heterocycles. The van der Waals surface area contributed by atoms with Crippen molar-refractivity contribution in [2.24, 2.45) is 0 Å². The zero-order valence-corrected chi connectivity index (χ0v) is 11.0. The molecule has 18 heavy (non-hydrogen) atoms. The van der Waals surface area contributed by atoms with Crippen LogP contribution in [0.5, 0.6) is 0 Å². The molecule has 0 aliphatic carbocycles. The Morgan fingerprint density at radius 1 is 1.28 bits per heavy atom. The Balaban J connectivity index is 1.71. The minimum Gasteiger partial charge on any atom is -0.338 e. The summed E-state index contributed by atoms with van der Waals surface area (Å²) < 4.78 is 0. The summed E-state index contributed by atoms with van der Waals surface area (Å²) in [6.45, 7) is 3.99. The van der Waals surface area contributed by atoms with Gasteiger partial charge in [0.25, 0.3) is 0 Å². The highest BCUT2D eigenvalue weighted by Crippen LogP contribution is 2.09. The monoisotopic (exact) mass is 267 g/mol. The van der Waals surface area contributed by atoms with Crippen molar-refractivity contribution in [2.45, 2.75) is 6.42 Å². The molecule has 98 valence electrons. The quantitative estimate of drug-likeness (QED) is 0.872. The van der Waals surface area contributed by atoms with Crippen LogP contribution in [0.4, 0.5) is 4.79 Å². The molecule has 1 aromatic rings. The highest BCUT2D eigenvalue weighted by molar-refractivity contribution is 6.30. The van der Waals surface area contributed by atoms with Crippen LogP contribution in [-0.4, -0.2) is 43.7 Å². The van der Waals surface area contributed by atoms with Crippen LogP contribution in [0.25, 0.3) is 0 Å². The average Bonchev–Trinajstić information content (AvgIpc) is 2.42. The molecule has 1 aliphatic rings. The molecular weight excluding hydrogens is 250 g/mol.